The predicted molar refractivity (Wildman–Crippen MR) is 95.8 cm³/mol. The minimum absolute atomic E-state index is 0.155. The van der Waals surface area contributed by atoms with Crippen molar-refractivity contribution < 1.29 is 9.53 Å². The van der Waals surface area contributed by atoms with Gasteiger partial charge >= 0.3 is 0 Å². The van der Waals surface area contributed by atoms with Gasteiger partial charge in [0, 0.05) is 31.2 Å². The van der Waals surface area contributed by atoms with E-state index in [1.165, 1.54) is 7.11 Å². The number of carbonyl (C=O) groups excluding carboxylic acids is 1. The van der Waals surface area contributed by atoms with Gasteiger partial charge in [0.15, 0.2) is 5.66 Å². The smallest absolute Gasteiger partial charge is 0.275 e. The Balaban J connectivity index is 1.60. The first-order chi connectivity index (χ1) is 12.6. The van der Waals surface area contributed by atoms with Crippen LogP contribution in [0.2, 0.25) is 0 Å². The van der Waals surface area contributed by atoms with E-state index in [0.29, 0.717) is 42.3 Å². The molecule has 0 aliphatic carbocycles. The Morgan fingerprint density at radius 3 is 2.88 bits per heavy atom. The number of aromatic nitrogens is 2. The molecule has 3 rings (SSSR count). The molecule has 1 aliphatic heterocycles. The third kappa shape index (κ3) is 3.88. The van der Waals surface area contributed by atoms with Gasteiger partial charge in [-0.15, -0.1) is 12.3 Å². The lowest BCUT2D eigenvalue weighted by atomic mass is 10.0. The van der Waals surface area contributed by atoms with Gasteiger partial charge in [-0.25, -0.2) is 4.68 Å². The highest BCUT2D eigenvalue weighted by Gasteiger charge is 2.38. The number of nitrogens with one attached hydrogen (secondary N) is 1. The third-order valence-electron chi connectivity index (χ3n) is 4.25. The molecule has 1 aromatic carbocycles. The van der Waals surface area contributed by atoms with Crippen LogP contribution in [0.15, 0.2) is 39.4 Å². The lowest BCUT2D eigenvalue weighted by Gasteiger charge is -2.10. The molecule has 8 nitrogen and oxygen atoms in total. The van der Waals surface area contributed by atoms with E-state index in [0.717, 1.165) is 4.68 Å². The van der Waals surface area contributed by atoms with Crippen LogP contribution in [0.5, 0.6) is 5.75 Å². The fourth-order valence-corrected chi connectivity index (χ4v) is 2.66. The van der Waals surface area contributed by atoms with E-state index in [1.54, 1.807) is 24.4 Å². The Labute approximate surface area is 150 Å². The second-order valence-electron chi connectivity index (χ2n) is 6.05. The number of methoxy groups -OCH3 is 1. The summed E-state index contributed by atoms with van der Waals surface area (Å²) in [6.07, 6.45) is 8.68. The van der Waals surface area contributed by atoms with E-state index in [9.17, 15) is 9.59 Å². The van der Waals surface area contributed by atoms with Crippen LogP contribution in [-0.2, 0) is 11.3 Å². The molecule has 0 radical (unpaired) electrons. The minimum Gasteiger partial charge on any atom is -0.497 e. The average Bonchev–Trinajstić information content (AvgIpc) is 3.42. The van der Waals surface area contributed by atoms with Gasteiger partial charge in [0.2, 0.25) is 5.91 Å². The molecule has 134 valence electrons. The van der Waals surface area contributed by atoms with Gasteiger partial charge in [0.25, 0.3) is 5.56 Å². The number of rotatable bonds is 8. The quantitative estimate of drug-likeness (QED) is 0.727. The molecule has 0 unspecified atom stereocenters. The predicted octanol–water partition coefficient (Wildman–Crippen LogP) is 1.49. The van der Waals surface area contributed by atoms with Crippen LogP contribution in [0.25, 0.3) is 10.8 Å². The summed E-state index contributed by atoms with van der Waals surface area (Å²) < 4.78 is 6.28. The Morgan fingerprint density at radius 2 is 2.19 bits per heavy atom. The maximum absolute atomic E-state index is 12.5. The summed E-state index contributed by atoms with van der Waals surface area (Å²) in [6.45, 7) is 0.254. The SMILES string of the molecule is C#CCCC1(CCNC(=O)Cn2ncc3ccc(OC)cc3c2=O)N=N1. The number of carbonyl (C=O) groups is 1. The molecule has 8 heteroatoms. The summed E-state index contributed by atoms with van der Waals surface area (Å²) in [5.41, 5.74) is -0.775. The van der Waals surface area contributed by atoms with E-state index < -0.39 is 5.66 Å². The van der Waals surface area contributed by atoms with E-state index in [4.69, 9.17) is 11.2 Å². The standard InChI is InChI=1S/C18H19N5O3/c1-3-4-7-18(21-22-18)8-9-19-16(24)12-23-17(25)15-10-14(26-2)6-5-13(15)11-20-23/h1,5-6,10-11H,4,7-9,12H2,2H3,(H,19,24). The van der Waals surface area contributed by atoms with Gasteiger partial charge in [-0.05, 0) is 18.2 Å². The molecule has 0 saturated heterocycles. The van der Waals surface area contributed by atoms with Crippen molar-refractivity contribution in [3.63, 3.8) is 0 Å². The Kier molecular flexibility index (Phi) is 4.98. The molecule has 1 N–H and O–H groups in total. The first-order valence-corrected chi connectivity index (χ1v) is 8.25. The van der Waals surface area contributed by atoms with Crippen LogP contribution in [0.3, 0.4) is 0 Å². The maximum atomic E-state index is 12.5. The highest BCUT2D eigenvalue weighted by atomic mass is 16.5. The topological polar surface area (TPSA) is 97.9 Å². The van der Waals surface area contributed by atoms with Crippen molar-refractivity contribution in [2.75, 3.05) is 13.7 Å². The zero-order chi connectivity index (χ0) is 18.6. The van der Waals surface area contributed by atoms with Gasteiger partial charge in [-0.3, -0.25) is 9.59 Å². The zero-order valence-corrected chi connectivity index (χ0v) is 14.4. The van der Waals surface area contributed by atoms with Crippen molar-refractivity contribution in [2.24, 2.45) is 10.2 Å². The lowest BCUT2D eigenvalue weighted by molar-refractivity contribution is -0.121. The number of terminal acetylenes is 1. The zero-order valence-electron chi connectivity index (χ0n) is 14.4. The van der Waals surface area contributed by atoms with Gasteiger partial charge in [-0.2, -0.15) is 15.3 Å². The van der Waals surface area contributed by atoms with Gasteiger partial charge in [0.05, 0.1) is 18.7 Å². The highest BCUT2D eigenvalue weighted by molar-refractivity contribution is 5.82. The summed E-state index contributed by atoms with van der Waals surface area (Å²) in [6, 6.07) is 5.15. The van der Waals surface area contributed by atoms with Crippen LogP contribution in [0.4, 0.5) is 0 Å². The van der Waals surface area contributed by atoms with Crippen LogP contribution >= 0.6 is 0 Å². The number of benzene rings is 1. The number of fused-ring (bicyclic) bond motifs is 1. The third-order valence-corrected chi connectivity index (χ3v) is 4.25. The second kappa shape index (κ2) is 7.35. The Bertz CT molecular complexity index is 951. The van der Waals surface area contributed by atoms with Crippen molar-refractivity contribution in [1.82, 2.24) is 15.1 Å². The molecular formula is C18H19N5O3. The van der Waals surface area contributed by atoms with E-state index in [1.807, 2.05) is 0 Å². The summed E-state index contributed by atoms with van der Waals surface area (Å²) in [7, 11) is 1.53. The molecule has 0 saturated carbocycles. The minimum atomic E-state index is -0.436. The fraction of sp³-hybridized carbons (Fsp3) is 0.389. The molecule has 2 aromatic rings. The number of amides is 1. The molecule has 2 heterocycles. The normalized spacial score (nSPS) is 14.0. The van der Waals surface area contributed by atoms with Gasteiger partial charge in [-0.1, -0.05) is 0 Å². The molecule has 1 aromatic heterocycles. The Morgan fingerprint density at radius 1 is 1.38 bits per heavy atom. The van der Waals surface area contributed by atoms with Crippen molar-refractivity contribution in [3.05, 3.63) is 34.7 Å². The lowest BCUT2D eigenvalue weighted by Crippen LogP contribution is -2.35. The van der Waals surface area contributed by atoms with Crippen molar-refractivity contribution in [3.8, 4) is 18.1 Å². The Hall–Kier alpha value is -3.21. The molecule has 0 fully saturated rings. The monoisotopic (exact) mass is 353 g/mol. The summed E-state index contributed by atoms with van der Waals surface area (Å²) in [4.78, 5) is 24.6. The first kappa shape index (κ1) is 17.6. The van der Waals surface area contributed by atoms with Crippen molar-refractivity contribution >= 4 is 16.7 Å². The molecule has 0 atom stereocenters. The van der Waals surface area contributed by atoms with Crippen LogP contribution in [0.1, 0.15) is 19.3 Å². The fourth-order valence-electron chi connectivity index (χ4n) is 2.66. The highest BCUT2D eigenvalue weighted by Crippen LogP contribution is 2.35. The van der Waals surface area contributed by atoms with Crippen LogP contribution in [-0.4, -0.2) is 35.0 Å². The first-order valence-electron chi connectivity index (χ1n) is 8.25. The molecule has 1 amide bonds. The van der Waals surface area contributed by atoms with Gasteiger partial charge in [0.1, 0.15) is 12.3 Å². The van der Waals surface area contributed by atoms with E-state index >= 15 is 0 Å². The van der Waals surface area contributed by atoms with Gasteiger partial charge < -0.3 is 10.1 Å². The van der Waals surface area contributed by atoms with E-state index in [-0.39, 0.29) is 18.0 Å². The number of nitrogens with zero attached hydrogens (tertiary/aromatic N) is 4. The number of hydrogen-bond donors (Lipinski definition) is 1. The molecule has 0 bridgehead atoms. The summed E-state index contributed by atoms with van der Waals surface area (Å²) in [5, 5.41) is 16.0. The summed E-state index contributed by atoms with van der Waals surface area (Å²) in [5.74, 6) is 2.84. The molecular weight excluding hydrogens is 334 g/mol. The second-order valence-corrected chi connectivity index (χ2v) is 6.05. The molecule has 0 spiro atoms. The van der Waals surface area contributed by atoms with Crippen LogP contribution < -0.4 is 15.6 Å². The molecule has 1 aliphatic rings. The van der Waals surface area contributed by atoms with Crippen molar-refractivity contribution in [1.29, 1.82) is 0 Å². The summed E-state index contributed by atoms with van der Waals surface area (Å²) >= 11 is 0. The maximum Gasteiger partial charge on any atom is 0.275 e. The largest absolute Gasteiger partial charge is 0.497 e. The van der Waals surface area contributed by atoms with E-state index in [2.05, 4.69) is 26.6 Å². The number of ether oxygens (including phenoxy) is 1. The van der Waals surface area contributed by atoms with Crippen molar-refractivity contribution in [2.45, 2.75) is 31.5 Å². The van der Waals surface area contributed by atoms with Crippen LogP contribution in [0, 0.1) is 12.3 Å². The average molecular weight is 353 g/mol. The number of hydrogen-bond acceptors (Lipinski definition) is 6. The molecule has 26 heavy (non-hydrogen) atoms.